The molecule has 0 atom stereocenters. The number of pyridine rings is 1. The van der Waals surface area contributed by atoms with Crippen molar-refractivity contribution in [3.8, 4) is 17.1 Å². The topological polar surface area (TPSA) is 39.4 Å². The number of fused-ring (bicyclic) bond motifs is 1. The minimum atomic E-state index is 0.684. The van der Waals surface area contributed by atoms with E-state index in [1.165, 1.54) is 5.56 Å². The number of hydrogen-bond acceptors (Lipinski definition) is 4. The molecule has 0 aliphatic heterocycles. The smallest absolute Gasteiger partial charge is 0.182 e. The molecule has 24 heavy (non-hydrogen) atoms. The quantitative estimate of drug-likeness (QED) is 0.369. The average molecular weight is 406 g/mol. The summed E-state index contributed by atoms with van der Waals surface area (Å²) in [5.74, 6) is 2.47. The number of rotatable bonds is 6. The molecule has 0 fully saturated rings. The average Bonchev–Trinajstić information content (AvgIpc) is 2.96. The number of nitrogens with zero attached hydrogens (tertiary/aromatic N) is 3. The summed E-state index contributed by atoms with van der Waals surface area (Å²) < 4.78 is 7.62. The van der Waals surface area contributed by atoms with Crippen molar-refractivity contribution in [2.24, 2.45) is 0 Å². The van der Waals surface area contributed by atoms with Gasteiger partial charge in [0.05, 0.1) is 6.61 Å². The van der Waals surface area contributed by atoms with Crippen molar-refractivity contribution in [2.75, 3.05) is 12.4 Å². The number of aryl methyl sites for hydroxylation is 2. The van der Waals surface area contributed by atoms with Crippen LogP contribution in [-0.2, 0) is 5.33 Å². The second kappa shape index (κ2) is 7.57. The molecular weight excluding hydrogens is 386 g/mol. The normalized spacial score (nSPS) is 11.2. The number of thiol groups is 1. The summed E-state index contributed by atoms with van der Waals surface area (Å²) in [5.41, 5.74) is 5.32. The molecule has 0 aliphatic carbocycles. The molecule has 3 aromatic rings. The van der Waals surface area contributed by atoms with Gasteiger partial charge >= 0.3 is 0 Å². The lowest BCUT2D eigenvalue weighted by molar-refractivity contribution is 0.318. The third kappa shape index (κ3) is 3.59. The Bertz CT molecular complexity index is 840. The first kappa shape index (κ1) is 17.3. The minimum absolute atomic E-state index is 0.684. The Morgan fingerprint density at radius 1 is 1.21 bits per heavy atom. The zero-order chi connectivity index (χ0) is 17.1. The van der Waals surface area contributed by atoms with E-state index in [9.17, 15) is 0 Å². The molecule has 0 spiro atoms. The maximum atomic E-state index is 5.79. The first-order chi connectivity index (χ1) is 11.6. The second-order valence-electron chi connectivity index (χ2n) is 5.77. The molecule has 0 saturated carbocycles. The number of halogens is 1. The van der Waals surface area contributed by atoms with Gasteiger partial charge in [0.15, 0.2) is 11.5 Å². The van der Waals surface area contributed by atoms with Crippen LogP contribution in [0.3, 0.4) is 0 Å². The Hall–Kier alpha value is -1.53. The standard InChI is InChI=1S/C18H20BrN3OS/c1-12-8-15(23-6-3-7-24)9-13(2)17(12)18-20-16-5-4-14(10-19)11-22(16)21-18/h4-5,8-9,11,24H,3,6-7,10H2,1-2H3. The summed E-state index contributed by atoms with van der Waals surface area (Å²) in [6.07, 6.45) is 2.94. The SMILES string of the molecule is Cc1cc(OCCCS)cc(C)c1-c1nc2ccc(CBr)cn2n1. The van der Waals surface area contributed by atoms with Crippen LogP contribution in [0.1, 0.15) is 23.1 Å². The van der Waals surface area contributed by atoms with Gasteiger partial charge in [-0.1, -0.05) is 22.0 Å². The molecular formula is C18H20BrN3OS. The van der Waals surface area contributed by atoms with Gasteiger partial charge in [0.25, 0.3) is 0 Å². The zero-order valence-electron chi connectivity index (χ0n) is 13.8. The van der Waals surface area contributed by atoms with Crippen LogP contribution >= 0.6 is 28.6 Å². The molecule has 0 aliphatic rings. The van der Waals surface area contributed by atoms with Gasteiger partial charge in [-0.2, -0.15) is 12.6 Å². The summed E-state index contributed by atoms with van der Waals surface area (Å²) in [7, 11) is 0. The summed E-state index contributed by atoms with van der Waals surface area (Å²) >= 11 is 7.68. The highest BCUT2D eigenvalue weighted by Crippen LogP contribution is 2.29. The summed E-state index contributed by atoms with van der Waals surface area (Å²) in [6.45, 7) is 4.83. The van der Waals surface area contributed by atoms with Crippen LogP contribution in [0.2, 0.25) is 0 Å². The number of ether oxygens (including phenoxy) is 1. The number of benzene rings is 1. The highest BCUT2D eigenvalue weighted by Gasteiger charge is 2.14. The lowest BCUT2D eigenvalue weighted by Crippen LogP contribution is -2.00. The fraction of sp³-hybridized carbons (Fsp3) is 0.333. The monoisotopic (exact) mass is 405 g/mol. The molecule has 0 amide bonds. The van der Waals surface area contributed by atoms with E-state index in [4.69, 9.17) is 4.74 Å². The van der Waals surface area contributed by atoms with Gasteiger partial charge in [0, 0.05) is 17.1 Å². The molecule has 126 valence electrons. The van der Waals surface area contributed by atoms with Gasteiger partial charge in [-0.15, -0.1) is 5.10 Å². The maximum absolute atomic E-state index is 5.79. The van der Waals surface area contributed by atoms with Crippen LogP contribution in [0.4, 0.5) is 0 Å². The van der Waals surface area contributed by atoms with E-state index >= 15 is 0 Å². The van der Waals surface area contributed by atoms with E-state index < -0.39 is 0 Å². The number of alkyl halides is 1. The highest BCUT2D eigenvalue weighted by molar-refractivity contribution is 9.08. The van der Waals surface area contributed by atoms with Gasteiger partial charge in [-0.25, -0.2) is 9.50 Å². The summed E-state index contributed by atoms with van der Waals surface area (Å²) in [5, 5.41) is 5.45. The molecule has 0 N–H and O–H groups in total. The van der Waals surface area contributed by atoms with Crippen LogP contribution in [0.15, 0.2) is 30.5 Å². The molecule has 6 heteroatoms. The molecule has 0 unspecified atom stereocenters. The van der Waals surface area contributed by atoms with Crippen molar-refractivity contribution in [2.45, 2.75) is 25.6 Å². The second-order valence-corrected chi connectivity index (χ2v) is 6.77. The third-order valence-electron chi connectivity index (χ3n) is 3.85. The molecule has 4 nitrogen and oxygen atoms in total. The van der Waals surface area contributed by atoms with Gasteiger partial charge < -0.3 is 4.74 Å². The fourth-order valence-electron chi connectivity index (χ4n) is 2.73. The Balaban J connectivity index is 1.96. The molecule has 0 bridgehead atoms. The van der Waals surface area contributed by atoms with Crippen molar-refractivity contribution >= 4 is 34.2 Å². The van der Waals surface area contributed by atoms with Crippen LogP contribution in [0.5, 0.6) is 5.75 Å². The summed E-state index contributed by atoms with van der Waals surface area (Å²) in [6, 6.07) is 8.15. The Morgan fingerprint density at radius 3 is 2.62 bits per heavy atom. The van der Waals surface area contributed by atoms with Crippen molar-refractivity contribution < 1.29 is 4.74 Å². The first-order valence-electron chi connectivity index (χ1n) is 7.89. The van der Waals surface area contributed by atoms with Crippen molar-refractivity contribution in [3.63, 3.8) is 0 Å². The molecule has 0 saturated heterocycles. The van der Waals surface area contributed by atoms with E-state index in [0.29, 0.717) is 6.61 Å². The number of aromatic nitrogens is 3. The van der Waals surface area contributed by atoms with E-state index in [0.717, 1.165) is 51.4 Å². The maximum Gasteiger partial charge on any atom is 0.182 e. The van der Waals surface area contributed by atoms with Gasteiger partial charge in [0.1, 0.15) is 5.75 Å². The Kier molecular flexibility index (Phi) is 5.46. The first-order valence-corrected chi connectivity index (χ1v) is 9.64. The minimum Gasteiger partial charge on any atom is -0.494 e. The van der Waals surface area contributed by atoms with Crippen LogP contribution < -0.4 is 4.74 Å². The largest absolute Gasteiger partial charge is 0.494 e. The molecule has 0 radical (unpaired) electrons. The van der Waals surface area contributed by atoms with E-state index in [-0.39, 0.29) is 0 Å². The van der Waals surface area contributed by atoms with E-state index in [2.05, 4.69) is 70.7 Å². The predicted octanol–water partition coefficient (Wildman–Crippen LogP) is 4.61. The third-order valence-corrected chi connectivity index (χ3v) is 4.81. The highest BCUT2D eigenvalue weighted by atomic mass is 79.9. The molecule has 2 heterocycles. The zero-order valence-corrected chi connectivity index (χ0v) is 16.3. The van der Waals surface area contributed by atoms with Gasteiger partial charge in [-0.05, 0) is 60.9 Å². The van der Waals surface area contributed by atoms with Crippen LogP contribution in [-0.4, -0.2) is 27.0 Å². The number of hydrogen-bond donors (Lipinski definition) is 1. The summed E-state index contributed by atoms with van der Waals surface area (Å²) in [4.78, 5) is 4.67. The van der Waals surface area contributed by atoms with Crippen LogP contribution in [0, 0.1) is 13.8 Å². The van der Waals surface area contributed by atoms with E-state index in [1.807, 2.05) is 16.8 Å². The Morgan fingerprint density at radius 2 is 1.96 bits per heavy atom. The van der Waals surface area contributed by atoms with Gasteiger partial charge in [-0.3, -0.25) is 0 Å². The van der Waals surface area contributed by atoms with Gasteiger partial charge in [0.2, 0.25) is 0 Å². The lowest BCUT2D eigenvalue weighted by atomic mass is 10.0. The van der Waals surface area contributed by atoms with Crippen molar-refractivity contribution in [1.29, 1.82) is 0 Å². The van der Waals surface area contributed by atoms with Crippen molar-refractivity contribution in [3.05, 3.63) is 47.2 Å². The van der Waals surface area contributed by atoms with E-state index in [1.54, 1.807) is 0 Å². The fourth-order valence-corrected chi connectivity index (χ4v) is 3.19. The van der Waals surface area contributed by atoms with Crippen LogP contribution in [0.25, 0.3) is 17.0 Å². The van der Waals surface area contributed by atoms with Crippen molar-refractivity contribution in [1.82, 2.24) is 14.6 Å². The Labute approximate surface area is 155 Å². The molecule has 3 rings (SSSR count). The molecule has 1 aromatic carbocycles. The lowest BCUT2D eigenvalue weighted by Gasteiger charge is -2.11. The predicted molar refractivity (Wildman–Crippen MR) is 104 cm³/mol. The molecule has 2 aromatic heterocycles.